The molecule has 0 fully saturated rings. The average molecular weight is 217 g/mol. The third-order valence-corrected chi connectivity index (χ3v) is 2.84. The van der Waals surface area contributed by atoms with Crippen molar-refractivity contribution in [3.05, 3.63) is 12.0 Å². The molecule has 4 nitrogen and oxygen atoms in total. The molecular weight excluding hydrogens is 205 g/mol. The van der Waals surface area contributed by atoms with Crippen LogP contribution in [0.15, 0.2) is 11.2 Å². The predicted octanol–water partition coefficient (Wildman–Crippen LogP) is 0.918. The number of aliphatic hydroxyl groups excluding tert-OH is 1. The summed E-state index contributed by atoms with van der Waals surface area (Å²) in [6, 6.07) is 0. The van der Waals surface area contributed by atoms with E-state index in [0.29, 0.717) is 5.75 Å². The van der Waals surface area contributed by atoms with Gasteiger partial charge in [-0.15, -0.1) is 11.8 Å². The molecule has 0 aliphatic heterocycles. The summed E-state index contributed by atoms with van der Waals surface area (Å²) >= 11 is 1.23. The minimum atomic E-state index is -0.477. The molecule has 1 heterocycles. The highest BCUT2D eigenvalue weighted by Crippen LogP contribution is 2.21. The van der Waals surface area contributed by atoms with Crippen LogP contribution >= 0.6 is 11.8 Å². The molecule has 1 aromatic heterocycles. The van der Waals surface area contributed by atoms with E-state index in [1.165, 1.54) is 11.8 Å². The highest BCUT2D eigenvalue weighted by Gasteiger charge is 2.08. The molecule has 0 amide bonds. The van der Waals surface area contributed by atoms with Crippen molar-refractivity contribution in [3.8, 4) is 0 Å². The minimum Gasteiger partial charge on any atom is -0.396 e. The number of halogens is 1. The van der Waals surface area contributed by atoms with Crippen LogP contribution in [0.2, 0.25) is 0 Å². The summed E-state index contributed by atoms with van der Waals surface area (Å²) in [5.74, 6) is 0.291. The lowest BCUT2D eigenvalue weighted by atomic mass is 10.2. The van der Waals surface area contributed by atoms with Gasteiger partial charge in [-0.3, -0.25) is 0 Å². The maximum atomic E-state index is 13.1. The molecule has 1 rings (SSSR count). The minimum absolute atomic E-state index is 0.0607. The molecule has 0 aliphatic carbocycles. The van der Waals surface area contributed by atoms with Crippen LogP contribution in [0.25, 0.3) is 0 Å². The quantitative estimate of drug-likeness (QED) is 0.579. The second kappa shape index (κ2) is 5.11. The van der Waals surface area contributed by atoms with Crippen molar-refractivity contribution in [2.45, 2.75) is 11.9 Å². The number of nitrogens with zero attached hydrogens (tertiary/aromatic N) is 2. The standard InChI is InChI=1S/C8H12FN3OS/c1-5(3-13)4-14-7-6(9)2-11-8(10)12-7/h2,5,13H,3-4H2,1H3,(H2,10,11,12). The van der Waals surface area contributed by atoms with Crippen molar-refractivity contribution in [3.63, 3.8) is 0 Å². The van der Waals surface area contributed by atoms with Crippen molar-refractivity contribution >= 4 is 17.7 Å². The fourth-order valence-corrected chi connectivity index (χ4v) is 1.64. The number of aliphatic hydroxyl groups is 1. The molecule has 0 aromatic carbocycles. The van der Waals surface area contributed by atoms with Crippen LogP contribution in [-0.4, -0.2) is 27.4 Å². The highest BCUT2D eigenvalue weighted by atomic mass is 32.2. The number of nitrogen functional groups attached to an aromatic ring is 1. The first-order valence-electron chi connectivity index (χ1n) is 4.15. The Balaban J connectivity index is 2.62. The van der Waals surface area contributed by atoms with E-state index in [4.69, 9.17) is 10.8 Å². The highest BCUT2D eigenvalue weighted by molar-refractivity contribution is 7.99. The van der Waals surface area contributed by atoms with E-state index in [9.17, 15) is 4.39 Å². The zero-order valence-electron chi connectivity index (χ0n) is 7.77. The lowest BCUT2D eigenvalue weighted by molar-refractivity contribution is 0.250. The molecule has 1 atom stereocenters. The van der Waals surface area contributed by atoms with Crippen LogP contribution in [0.4, 0.5) is 10.3 Å². The van der Waals surface area contributed by atoms with Crippen LogP contribution in [-0.2, 0) is 0 Å². The van der Waals surface area contributed by atoms with Crippen LogP contribution in [0.5, 0.6) is 0 Å². The first-order chi connectivity index (χ1) is 6.63. The predicted molar refractivity (Wildman–Crippen MR) is 53.4 cm³/mol. The van der Waals surface area contributed by atoms with Crippen LogP contribution < -0.4 is 5.73 Å². The van der Waals surface area contributed by atoms with Crippen molar-refractivity contribution in [1.29, 1.82) is 0 Å². The van der Waals surface area contributed by atoms with Gasteiger partial charge in [0, 0.05) is 12.4 Å². The third kappa shape index (κ3) is 3.12. The molecule has 1 aromatic rings. The van der Waals surface area contributed by atoms with Crippen molar-refractivity contribution in [2.75, 3.05) is 18.1 Å². The molecule has 0 spiro atoms. The summed E-state index contributed by atoms with van der Waals surface area (Å²) in [5.41, 5.74) is 5.31. The Labute approximate surface area is 85.8 Å². The van der Waals surface area contributed by atoms with E-state index in [2.05, 4.69) is 9.97 Å². The number of aromatic nitrogens is 2. The maximum Gasteiger partial charge on any atom is 0.221 e. The van der Waals surface area contributed by atoms with E-state index in [1.54, 1.807) is 0 Å². The molecule has 0 saturated heterocycles. The third-order valence-electron chi connectivity index (χ3n) is 1.55. The fourth-order valence-electron chi connectivity index (χ4n) is 0.739. The second-order valence-electron chi connectivity index (χ2n) is 2.98. The first-order valence-corrected chi connectivity index (χ1v) is 5.13. The van der Waals surface area contributed by atoms with E-state index in [0.717, 1.165) is 6.20 Å². The average Bonchev–Trinajstić information content (AvgIpc) is 2.19. The Bertz CT molecular complexity index is 311. The van der Waals surface area contributed by atoms with E-state index < -0.39 is 5.82 Å². The fraction of sp³-hybridized carbons (Fsp3) is 0.500. The van der Waals surface area contributed by atoms with E-state index in [1.807, 2.05) is 6.92 Å². The normalized spacial score (nSPS) is 12.8. The van der Waals surface area contributed by atoms with Crippen LogP contribution in [0.3, 0.4) is 0 Å². The summed E-state index contributed by atoms with van der Waals surface area (Å²) < 4.78 is 13.1. The first kappa shape index (κ1) is 11.2. The zero-order valence-corrected chi connectivity index (χ0v) is 8.59. The van der Waals surface area contributed by atoms with Gasteiger partial charge >= 0.3 is 0 Å². The maximum absolute atomic E-state index is 13.1. The molecule has 6 heteroatoms. The Kier molecular flexibility index (Phi) is 4.09. The summed E-state index contributed by atoms with van der Waals surface area (Å²) in [6.45, 7) is 1.95. The summed E-state index contributed by atoms with van der Waals surface area (Å²) in [4.78, 5) is 7.27. The van der Waals surface area contributed by atoms with Gasteiger partial charge in [0.05, 0.1) is 6.20 Å². The van der Waals surface area contributed by atoms with Gasteiger partial charge in [-0.25, -0.2) is 14.4 Å². The Morgan fingerprint density at radius 1 is 1.71 bits per heavy atom. The number of thioether (sulfide) groups is 1. The molecule has 0 bridgehead atoms. The van der Waals surface area contributed by atoms with Gasteiger partial charge in [-0.2, -0.15) is 0 Å². The van der Waals surface area contributed by atoms with Crippen LogP contribution in [0.1, 0.15) is 6.92 Å². The topological polar surface area (TPSA) is 72.0 Å². The molecule has 3 N–H and O–H groups in total. The summed E-state index contributed by atoms with van der Waals surface area (Å²) in [6.07, 6.45) is 1.05. The van der Waals surface area contributed by atoms with Crippen LogP contribution in [0, 0.1) is 11.7 Å². The zero-order chi connectivity index (χ0) is 10.6. The van der Waals surface area contributed by atoms with Gasteiger partial charge in [0.1, 0.15) is 5.03 Å². The smallest absolute Gasteiger partial charge is 0.221 e. The van der Waals surface area contributed by atoms with Crippen molar-refractivity contribution in [2.24, 2.45) is 5.92 Å². The molecular formula is C8H12FN3OS. The largest absolute Gasteiger partial charge is 0.396 e. The van der Waals surface area contributed by atoms with Gasteiger partial charge < -0.3 is 10.8 Å². The number of nitrogens with two attached hydrogens (primary N) is 1. The molecule has 0 aliphatic rings. The summed E-state index contributed by atoms with van der Waals surface area (Å²) in [7, 11) is 0. The van der Waals surface area contributed by atoms with Gasteiger partial charge in [0.2, 0.25) is 5.95 Å². The number of hydrogen-bond donors (Lipinski definition) is 2. The van der Waals surface area contributed by atoms with Gasteiger partial charge in [0.25, 0.3) is 0 Å². The number of rotatable bonds is 4. The Hall–Kier alpha value is -0.880. The Morgan fingerprint density at radius 3 is 3.07 bits per heavy atom. The monoisotopic (exact) mass is 217 g/mol. The molecule has 1 unspecified atom stereocenters. The second-order valence-corrected chi connectivity index (χ2v) is 3.99. The molecule has 78 valence electrons. The molecule has 0 saturated carbocycles. The van der Waals surface area contributed by atoms with Gasteiger partial charge in [-0.05, 0) is 5.92 Å². The van der Waals surface area contributed by atoms with Gasteiger partial charge in [-0.1, -0.05) is 6.92 Å². The lowest BCUT2D eigenvalue weighted by Gasteiger charge is -2.06. The summed E-state index contributed by atoms with van der Waals surface area (Å²) in [5, 5.41) is 9.01. The number of anilines is 1. The van der Waals surface area contributed by atoms with Crippen molar-refractivity contribution < 1.29 is 9.50 Å². The van der Waals surface area contributed by atoms with Crippen molar-refractivity contribution in [1.82, 2.24) is 9.97 Å². The Morgan fingerprint density at radius 2 is 2.43 bits per heavy atom. The van der Waals surface area contributed by atoms with Gasteiger partial charge in [0.15, 0.2) is 5.82 Å². The lowest BCUT2D eigenvalue weighted by Crippen LogP contribution is -2.05. The van der Waals surface area contributed by atoms with E-state index >= 15 is 0 Å². The SMILES string of the molecule is CC(CO)CSc1nc(N)ncc1F. The van der Waals surface area contributed by atoms with E-state index in [-0.39, 0.29) is 23.5 Å². The molecule has 0 radical (unpaired) electrons. The number of hydrogen-bond acceptors (Lipinski definition) is 5. The molecule has 14 heavy (non-hydrogen) atoms.